The fourth-order valence-electron chi connectivity index (χ4n) is 9.55. The molecular formula is C43H47N3O6Si. The number of carbonyl (C=O) groups excluding carboxylic acids is 3. The summed E-state index contributed by atoms with van der Waals surface area (Å²) >= 11 is 0. The molecule has 0 aromatic heterocycles. The van der Waals surface area contributed by atoms with E-state index in [0.717, 1.165) is 39.4 Å². The normalized spacial score (nSPS) is 25.0. The number of aliphatic hydroxyl groups is 1. The summed E-state index contributed by atoms with van der Waals surface area (Å²) in [6.07, 6.45) is 0.694. The second-order valence-electron chi connectivity index (χ2n) is 15.6. The number of ether oxygens (including phenoxy) is 2. The lowest BCUT2D eigenvalue weighted by molar-refractivity contribution is -0.151. The average molecular weight is 730 g/mol. The molecule has 4 aliphatic heterocycles. The topological polar surface area (TPSA) is 99.6 Å². The standard InChI is InChI=1S/C43H47N3O6Si/c1-28-41(53(3,4)35-18-16-34(51-2)17-19-35)38(24-40(49)45-26-31-12-6-5-11-30(31)23-33(45)27-47)52-43(28)36-14-7-8-15-37(36)46(42(43)50)25-29-10-9-13-32(22-29)44-21-20-39(44)48/h5-19,22,28,33,38,41,47H,20-21,23-27H2,1-4H3/t28-,33-,38+,41-,43+/m0/s1. The molecule has 4 aromatic rings. The Labute approximate surface area is 312 Å². The van der Waals surface area contributed by atoms with Crippen LogP contribution in [0.2, 0.25) is 18.6 Å². The summed E-state index contributed by atoms with van der Waals surface area (Å²) in [7, 11) is -0.824. The van der Waals surface area contributed by atoms with Crippen LogP contribution in [0.3, 0.4) is 0 Å². The van der Waals surface area contributed by atoms with Crippen LogP contribution in [0, 0.1) is 5.92 Å². The number of hydrogen-bond acceptors (Lipinski definition) is 6. The van der Waals surface area contributed by atoms with Gasteiger partial charge in [0.1, 0.15) is 5.75 Å². The zero-order chi connectivity index (χ0) is 37.1. The van der Waals surface area contributed by atoms with Gasteiger partial charge in [0, 0.05) is 36.7 Å². The average Bonchev–Trinajstić information content (AvgIpc) is 3.59. The number of hydrogen-bond donors (Lipinski definition) is 1. The number of rotatable bonds is 9. The van der Waals surface area contributed by atoms with Crippen molar-refractivity contribution in [3.63, 3.8) is 0 Å². The van der Waals surface area contributed by atoms with Crippen molar-refractivity contribution in [1.29, 1.82) is 0 Å². The van der Waals surface area contributed by atoms with Gasteiger partial charge in [-0.1, -0.05) is 91.9 Å². The number of carbonyl (C=O) groups is 3. The number of methoxy groups -OCH3 is 1. The van der Waals surface area contributed by atoms with Crippen LogP contribution < -0.4 is 19.7 Å². The lowest BCUT2D eigenvalue weighted by Gasteiger charge is -2.39. The van der Waals surface area contributed by atoms with Crippen LogP contribution in [0.25, 0.3) is 0 Å². The van der Waals surface area contributed by atoms with E-state index in [2.05, 4.69) is 44.3 Å². The number of fused-ring (bicyclic) bond motifs is 3. The van der Waals surface area contributed by atoms with Crippen molar-refractivity contribution >= 4 is 42.4 Å². The first-order valence-electron chi connectivity index (χ1n) is 18.7. The summed E-state index contributed by atoms with van der Waals surface area (Å²) in [6, 6.07) is 31.7. The van der Waals surface area contributed by atoms with Crippen molar-refractivity contribution in [1.82, 2.24) is 4.90 Å². The Bertz CT molecular complexity index is 2070. The number of nitrogens with zero attached hydrogens (tertiary/aromatic N) is 3. The van der Waals surface area contributed by atoms with Crippen LogP contribution in [-0.4, -0.2) is 68.2 Å². The highest BCUT2D eigenvalue weighted by Crippen LogP contribution is 2.60. The van der Waals surface area contributed by atoms with Crippen LogP contribution in [0.1, 0.15) is 42.0 Å². The first-order chi connectivity index (χ1) is 25.6. The maximum atomic E-state index is 15.2. The number of amides is 3. The van der Waals surface area contributed by atoms with E-state index in [0.29, 0.717) is 32.5 Å². The summed E-state index contributed by atoms with van der Waals surface area (Å²) in [5.74, 6) is 0.409. The largest absolute Gasteiger partial charge is 0.497 e. The maximum Gasteiger partial charge on any atom is 0.264 e. The van der Waals surface area contributed by atoms with Crippen LogP contribution in [-0.2, 0) is 44.2 Å². The molecule has 3 amide bonds. The van der Waals surface area contributed by atoms with E-state index in [-0.39, 0.29) is 48.3 Å². The van der Waals surface area contributed by atoms with E-state index in [9.17, 15) is 14.7 Å². The van der Waals surface area contributed by atoms with Gasteiger partial charge < -0.3 is 29.3 Å². The van der Waals surface area contributed by atoms with Crippen LogP contribution in [0.15, 0.2) is 97.1 Å². The van der Waals surface area contributed by atoms with Crippen molar-refractivity contribution in [2.75, 3.05) is 30.1 Å². The zero-order valence-corrected chi connectivity index (χ0v) is 31.8. The van der Waals surface area contributed by atoms with Crippen molar-refractivity contribution in [2.24, 2.45) is 5.92 Å². The first-order valence-corrected chi connectivity index (χ1v) is 21.7. The number of β-lactam (4-membered cyclic amide) rings is 1. The molecule has 4 heterocycles. The molecule has 4 aliphatic rings. The Morgan fingerprint density at radius 2 is 1.70 bits per heavy atom. The van der Waals surface area contributed by atoms with Gasteiger partial charge in [0.15, 0.2) is 5.60 Å². The van der Waals surface area contributed by atoms with Crippen LogP contribution in [0.4, 0.5) is 11.4 Å². The summed E-state index contributed by atoms with van der Waals surface area (Å²) in [6.45, 7) is 8.08. The maximum absolute atomic E-state index is 15.2. The molecule has 0 radical (unpaired) electrons. The molecule has 0 unspecified atom stereocenters. The Kier molecular flexibility index (Phi) is 9.03. The Morgan fingerprint density at radius 3 is 2.40 bits per heavy atom. The van der Waals surface area contributed by atoms with Gasteiger partial charge in [0.25, 0.3) is 5.91 Å². The van der Waals surface area contributed by atoms with E-state index in [1.54, 1.807) is 12.0 Å². The highest BCUT2D eigenvalue weighted by Gasteiger charge is 2.66. The summed E-state index contributed by atoms with van der Waals surface area (Å²) in [4.78, 5) is 47.4. The van der Waals surface area contributed by atoms with E-state index >= 15 is 4.79 Å². The predicted octanol–water partition coefficient (Wildman–Crippen LogP) is 5.53. The van der Waals surface area contributed by atoms with Gasteiger partial charge in [-0.2, -0.15) is 0 Å². The molecule has 9 nitrogen and oxygen atoms in total. The molecule has 0 saturated carbocycles. The fraction of sp³-hybridized carbons (Fsp3) is 0.372. The van der Waals surface area contributed by atoms with E-state index in [1.165, 1.54) is 5.19 Å². The molecule has 1 N–H and O–H groups in total. The van der Waals surface area contributed by atoms with Crippen molar-refractivity contribution in [3.05, 3.63) is 119 Å². The smallest absolute Gasteiger partial charge is 0.264 e. The molecule has 53 heavy (non-hydrogen) atoms. The Hall–Kier alpha value is -4.77. The van der Waals surface area contributed by atoms with Crippen LogP contribution in [0.5, 0.6) is 5.75 Å². The molecule has 2 fully saturated rings. The van der Waals surface area contributed by atoms with Crippen molar-refractivity contribution in [3.8, 4) is 5.75 Å². The molecular weight excluding hydrogens is 683 g/mol. The van der Waals surface area contributed by atoms with Gasteiger partial charge in [0.05, 0.1) is 52.6 Å². The lowest BCUT2D eigenvalue weighted by Crippen LogP contribution is -2.52. The molecule has 4 aromatic carbocycles. The quantitative estimate of drug-likeness (QED) is 0.180. The third-order valence-electron chi connectivity index (χ3n) is 12.4. The second kappa shape index (κ2) is 13.6. The highest BCUT2D eigenvalue weighted by atomic mass is 28.3. The van der Waals surface area contributed by atoms with E-state index in [1.807, 2.05) is 82.6 Å². The molecule has 0 aliphatic carbocycles. The minimum atomic E-state index is -2.48. The second-order valence-corrected chi connectivity index (χ2v) is 20.3. The number of aliphatic hydroxyl groups excluding tert-OH is 1. The Balaban J connectivity index is 1.17. The summed E-state index contributed by atoms with van der Waals surface area (Å²) in [5, 5.41) is 11.6. The monoisotopic (exact) mass is 729 g/mol. The SMILES string of the molecule is COc1ccc([Si](C)(C)[C@@H]2[C@@H](CC(=O)N3Cc4ccccc4C[C@H]3CO)O[C@]3(C(=O)N(Cc4cccc(N5CCC5=O)c4)c4ccccc43)[C@H]2C)cc1. The van der Waals surface area contributed by atoms with Gasteiger partial charge in [-0.15, -0.1) is 0 Å². The van der Waals surface area contributed by atoms with E-state index in [4.69, 9.17) is 9.47 Å². The predicted molar refractivity (Wildman–Crippen MR) is 207 cm³/mol. The Morgan fingerprint density at radius 1 is 0.962 bits per heavy atom. The number of benzene rings is 4. The van der Waals surface area contributed by atoms with Crippen molar-refractivity contribution in [2.45, 2.75) is 75.7 Å². The molecule has 2 saturated heterocycles. The van der Waals surface area contributed by atoms with Gasteiger partial charge in [-0.25, -0.2) is 0 Å². The molecule has 1 spiro atoms. The van der Waals surface area contributed by atoms with Crippen molar-refractivity contribution < 1.29 is 29.0 Å². The van der Waals surface area contributed by atoms with Gasteiger partial charge in [0.2, 0.25) is 11.8 Å². The highest BCUT2D eigenvalue weighted by molar-refractivity contribution is 6.91. The molecule has 5 atom stereocenters. The minimum Gasteiger partial charge on any atom is -0.497 e. The third kappa shape index (κ3) is 5.78. The lowest BCUT2D eigenvalue weighted by atomic mass is 9.82. The van der Waals surface area contributed by atoms with Gasteiger partial charge >= 0.3 is 0 Å². The third-order valence-corrected chi connectivity index (χ3v) is 16.8. The van der Waals surface area contributed by atoms with Crippen LogP contribution >= 0.6 is 0 Å². The summed E-state index contributed by atoms with van der Waals surface area (Å²) in [5.41, 5.74) is 4.23. The van der Waals surface area contributed by atoms with Gasteiger partial charge in [-0.05, 0) is 59.0 Å². The molecule has 8 rings (SSSR count). The first kappa shape index (κ1) is 35.3. The number of para-hydroxylation sites is 1. The molecule has 0 bridgehead atoms. The molecule has 10 heteroatoms. The van der Waals surface area contributed by atoms with E-state index < -0.39 is 19.8 Å². The number of anilines is 2. The fourth-order valence-corrected chi connectivity index (χ4v) is 13.6. The zero-order valence-electron chi connectivity index (χ0n) is 30.8. The summed E-state index contributed by atoms with van der Waals surface area (Å²) < 4.78 is 12.7. The van der Waals surface area contributed by atoms with Gasteiger partial charge in [-0.3, -0.25) is 14.4 Å². The minimum absolute atomic E-state index is 0.0784. The molecule has 274 valence electrons.